The predicted molar refractivity (Wildman–Crippen MR) is 350 cm³/mol. The van der Waals surface area contributed by atoms with E-state index in [1.165, 1.54) is 57.8 Å². The Balaban J connectivity index is 1.23. The summed E-state index contributed by atoms with van der Waals surface area (Å²) in [6.45, 7) is 1.51. The molecule has 3 aliphatic heterocycles. The maximum Gasteiger partial charge on any atom is 0.220 e. The summed E-state index contributed by atoms with van der Waals surface area (Å²) in [6, 6.07) is -0.889. The molecule has 19 heteroatoms. The minimum atomic E-state index is -1.97. The van der Waals surface area contributed by atoms with Crippen LogP contribution in [0.4, 0.5) is 0 Å². The third kappa shape index (κ3) is 33.5. The number of carbonyl (C=O) groups excluding carboxylic acids is 1. The van der Waals surface area contributed by atoms with Crippen LogP contribution in [0, 0.1) is 0 Å². The summed E-state index contributed by atoms with van der Waals surface area (Å²) in [6.07, 6.45) is 43.0. The van der Waals surface area contributed by atoms with Crippen LogP contribution in [-0.2, 0) is 33.2 Å². The SMILES string of the molecule is CC/C=C\C/C=C\C/C=C\C/C=C\C/C=C\C/C=C\C/C=C\C/C=C\C/C=C\CCCCCCCCCCCCCCCC(=O)NC(COC1OC(CO)C(OC2OC(CO)C(OC3OC(CO)C(O)C(O)C3O)C(O)C2O)C(O)C1O)C(O)CCCCCC. The van der Waals surface area contributed by atoms with Gasteiger partial charge in [0.1, 0.15) is 73.2 Å². The number of rotatable bonds is 50. The molecule has 0 aromatic carbocycles. The quantitative estimate of drug-likeness (QED) is 0.0200. The highest BCUT2D eigenvalue weighted by atomic mass is 16.8. The fourth-order valence-electron chi connectivity index (χ4n) is 10.8. The van der Waals surface area contributed by atoms with Crippen LogP contribution in [-0.4, -0.2) is 193 Å². The summed E-state index contributed by atoms with van der Waals surface area (Å²) in [7, 11) is 0. The highest BCUT2D eigenvalue weighted by molar-refractivity contribution is 5.76. The summed E-state index contributed by atoms with van der Waals surface area (Å²) >= 11 is 0. The van der Waals surface area contributed by atoms with E-state index in [9.17, 15) is 61.0 Å². The van der Waals surface area contributed by atoms with E-state index in [1.807, 2.05) is 0 Å². The van der Waals surface area contributed by atoms with Crippen molar-refractivity contribution in [1.29, 1.82) is 0 Å². The zero-order chi connectivity index (χ0) is 65.4. The van der Waals surface area contributed by atoms with Crippen molar-refractivity contribution in [1.82, 2.24) is 5.32 Å². The average molecular weight is 1270 g/mol. The third-order valence-corrected chi connectivity index (χ3v) is 16.4. The van der Waals surface area contributed by atoms with Crippen LogP contribution in [0.15, 0.2) is 109 Å². The van der Waals surface area contributed by atoms with Gasteiger partial charge in [-0.25, -0.2) is 0 Å². The number of carbonyl (C=O) groups is 1. The van der Waals surface area contributed by atoms with Crippen molar-refractivity contribution in [3.8, 4) is 0 Å². The molecule has 90 heavy (non-hydrogen) atoms. The number of nitrogens with one attached hydrogen (secondary N) is 1. The number of hydrogen-bond donors (Lipinski definition) is 12. The highest BCUT2D eigenvalue weighted by Crippen LogP contribution is 2.33. The molecular formula is C71H119NO18. The second-order valence-corrected chi connectivity index (χ2v) is 23.9. The second-order valence-electron chi connectivity index (χ2n) is 23.9. The van der Waals surface area contributed by atoms with E-state index in [0.717, 1.165) is 103 Å². The van der Waals surface area contributed by atoms with Crippen LogP contribution in [0.2, 0.25) is 0 Å². The Morgan fingerprint density at radius 3 is 1.19 bits per heavy atom. The molecule has 12 N–H and O–H groups in total. The zero-order valence-electron chi connectivity index (χ0n) is 54.3. The van der Waals surface area contributed by atoms with E-state index in [-0.39, 0.29) is 18.9 Å². The maximum atomic E-state index is 13.2. The number of aliphatic hydroxyl groups is 11. The molecule has 3 heterocycles. The minimum Gasteiger partial charge on any atom is -0.394 e. The van der Waals surface area contributed by atoms with Gasteiger partial charge in [-0.15, -0.1) is 0 Å². The van der Waals surface area contributed by atoms with Crippen LogP contribution in [0.3, 0.4) is 0 Å². The Labute approximate surface area is 538 Å². The lowest BCUT2D eigenvalue weighted by Crippen LogP contribution is -2.66. The van der Waals surface area contributed by atoms with Gasteiger partial charge in [0.2, 0.25) is 5.91 Å². The Kier molecular flexibility index (Phi) is 46.5. The van der Waals surface area contributed by atoms with Crippen LogP contribution in [0.1, 0.15) is 200 Å². The lowest BCUT2D eigenvalue weighted by molar-refractivity contribution is -0.379. The Bertz CT molecular complexity index is 2060. The monoisotopic (exact) mass is 1270 g/mol. The molecule has 3 rings (SSSR count). The van der Waals surface area contributed by atoms with Gasteiger partial charge in [0.15, 0.2) is 18.9 Å². The molecule has 516 valence electrons. The standard InChI is InChI=1S/C71H119NO18/c1-3-5-7-9-10-11-12-13-14-15-16-17-18-19-20-21-22-23-24-25-26-27-28-29-30-31-32-33-34-35-36-37-38-39-40-41-42-43-44-45-47-49-59(77)72-54(55(76)48-46-8-6-4-2)53-85-69-65(83)62(80)67(57(51-74)87-69)90-71-66(84)63(81)68(58(52-75)88-71)89-70-64(82)61(79)60(78)56(50-73)86-70/h5,7,10-11,13-14,16-17,19-20,22-23,25-26,28-29,31-32,54-58,60-71,73-76,78-84H,3-4,6,8-9,12,15,18,21,24,27,30,33-53H2,1-2H3,(H,72,77)/b7-5-,11-10-,14-13-,17-16-,20-19-,23-22-,26-25-,29-28-,32-31-. The van der Waals surface area contributed by atoms with Crippen molar-refractivity contribution in [2.45, 2.75) is 304 Å². The van der Waals surface area contributed by atoms with Crippen LogP contribution in [0.5, 0.6) is 0 Å². The maximum absolute atomic E-state index is 13.2. The van der Waals surface area contributed by atoms with Crippen molar-refractivity contribution in [2.24, 2.45) is 0 Å². The number of allylic oxidation sites excluding steroid dienone is 18. The van der Waals surface area contributed by atoms with Gasteiger partial charge < -0.3 is 89.9 Å². The van der Waals surface area contributed by atoms with E-state index >= 15 is 0 Å². The number of hydrogen-bond acceptors (Lipinski definition) is 18. The molecular weight excluding hydrogens is 1150 g/mol. The largest absolute Gasteiger partial charge is 0.394 e. The molecule has 0 bridgehead atoms. The van der Waals surface area contributed by atoms with Crippen molar-refractivity contribution in [3.63, 3.8) is 0 Å². The third-order valence-electron chi connectivity index (χ3n) is 16.4. The smallest absolute Gasteiger partial charge is 0.220 e. The second kappa shape index (κ2) is 51.8. The summed E-state index contributed by atoms with van der Waals surface area (Å²) in [5.41, 5.74) is 0. The summed E-state index contributed by atoms with van der Waals surface area (Å²) in [4.78, 5) is 13.2. The normalized spacial score (nSPS) is 28.7. The first-order valence-electron chi connectivity index (χ1n) is 34.1. The Morgan fingerprint density at radius 2 is 0.767 bits per heavy atom. The summed E-state index contributed by atoms with van der Waals surface area (Å²) < 4.78 is 34.1. The minimum absolute atomic E-state index is 0.257. The van der Waals surface area contributed by atoms with Gasteiger partial charge >= 0.3 is 0 Å². The fourth-order valence-corrected chi connectivity index (χ4v) is 10.8. The van der Waals surface area contributed by atoms with Gasteiger partial charge in [0, 0.05) is 6.42 Å². The number of unbranched alkanes of at least 4 members (excludes halogenated alkanes) is 16. The van der Waals surface area contributed by atoms with Crippen molar-refractivity contribution >= 4 is 5.91 Å². The molecule has 0 radical (unpaired) electrons. The van der Waals surface area contributed by atoms with Crippen molar-refractivity contribution < 1.29 is 89.4 Å². The first kappa shape index (κ1) is 80.7. The molecule has 0 aromatic rings. The Morgan fingerprint density at radius 1 is 0.411 bits per heavy atom. The van der Waals surface area contributed by atoms with E-state index in [2.05, 4.69) is 129 Å². The summed E-state index contributed by atoms with van der Waals surface area (Å²) in [5.74, 6) is -0.258. The summed E-state index contributed by atoms with van der Waals surface area (Å²) in [5, 5.41) is 120. The van der Waals surface area contributed by atoms with Gasteiger partial charge in [0.05, 0.1) is 38.6 Å². The lowest BCUT2D eigenvalue weighted by Gasteiger charge is -2.48. The molecule has 3 aliphatic rings. The van der Waals surface area contributed by atoms with Gasteiger partial charge in [-0.2, -0.15) is 0 Å². The molecule has 0 spiro atoms. The highest BCUT2D eigenvalue weighted by Gasteiger charge is 2.53. The van der Waals surface area contributed by atoms with Gasteiger partial charge in [-0.1, -0.05) is 220 Å². The number of ether oxygens (including phenoxy) is 6. The fraction of sp³-hybridized carbons (Fsp3) is 0.732. The molecule has 0 aromatic heterocycles. The molecule has 1 amide bonds. The molecule has 0 aliphatic carbocycles. The first-order valence-corrected chi connectivity index (χ1v) is 34.1. The van der Waals surface area contributed by atoms with E-state index in [4.69, 9.17) is 28.4 Å². The first-order chi connectivity index (χ1) is 43.8. The topological polar surface area (TPSA) is 307 Å². The molecule has 3 fully saturated rings. The van der Waals surface area contributed by atoms with Crippen molar-refractivity contribution in [2.75, 3.05) is 26.4 Å². The number of amides is 1. The van der Waals surface area contributed by atoms with Crippen LogP contribution in [0.25, 0.3) is 0 Å². The zero-order valence-corrected chi connectivity index (χ0v) is 54.3. The molecule has 0 saturated carbocycles. The molecule has 17 atom stereocenters. The van der Waals surface area contributed by atoms with Gasteiger partial charge in [-0.3, -0.25) is 4.79 Å². The van der Waals surface area contributed by atoms with Crippen LogP contribution < -0.4 is 5.32 Å². The lowest BCUT2D eigenvalue weighted by atomic mass is 9.96. The number of aliphatic hydroxyl groups excluding tert-OH is 11. The molecule has 17 unspecified atom stereocenters. The van der Waals surface area contributed by atoms with E-state index in [0.29, 0.717) is 19.3 Å². The van der Waals surface area contributed by atoms with E-state index < -0.39 is 124 Å². The Hall–Kier alpha value is -3.55. The van der Waals surface area contributed by atoms with Gasteiger partial charge in [-0.05, 0) is 83.5 Å². The van der Waals surface area contributed by atoms with Crippen LogP contribution >= 0.6 is 0 Å². The van der Waals surface area contributed by atoms with Crippen molar-refractivity contribution in [3.05, 3.63) is 109 Å². The average Bonchev–Trinajstić information content (AvgIpc) is 1.63. The van der Waals surface area contributed by atoms with E-state index in [1.54, 1.807) is 0 Å². The molecule has 19 nitrogen and oxygen atoms in total. The predicted octanol–water partition coefficient (Wildman–Crippen LogP) is 8.66. The molecule has 3 saturated heterocycles. The van der Waals surface area contributed by atoms with Gasteiger partial charge in [0.25, 0.3) is 0 Å².